The largest absolute Gasteiger partial charge is 0.493 e. The smallest absolute Gasteiger partial charge is 0.224 e. The maximum Gasteiger partial charge on any atom is 0.224 e. The number of methoxy groups -OCH3 is 1. The van der Waals surface area contributed by atoms with Gasteiger partial charge in [0.1, 0.15) is 0 Å². The molecule has 1 rings (SSSR count). The Kier molecular flexibility index (Phi) is 9.68. The number of carbonyl (C=O) groups excluding carboxylic acids is 1. The van der Waals surface area contributed by atoms with Crippen LogP contribution in [0.3, 0.4) is 0 Å². The van der Waals surface area contributed by atoms with Gasteiger partial charge >= 0.3 is 0 Å². The first kappa shape index (κ1) is 21.5. The van der Waals surface area contributed by atoms with Gasteiger partial charge in [-0.3, -0.25) is 4.79 Å². The molecule has 0 aliphatic heterocycles. The van der Waals surface area contributed by atoms with Crippen molar-refractivity contribution >= 4 is 18.3 Å². The van der Waals surface area contributed by atoms with Crippen LogP contribution in [0.2, 0.25) is 0 Å². The van der Waals surface area contributed by atoms with E-state index < -0.39 is 0 Å². The molecule has 2 atom stereocenters. The van der Waals surface area contributed by atoms with Crippen molar-refractivity contribution in [3.8, 4) is 11.5 Å². The minimum Gasteiger partial charge on any atom is -0.493 e. The number of ether oxygens (including phenoxy) is 2. The number of carbonyl (C=O) groups is 1. The van der Waals surface area contributed by atoms with Crippen LogP contribution in [0, 0.1) is 11.8 Å². The van der Waals surface area contributed by atoms with Crippen LogP contribution in [0.4, 0.5) is 0 Å². The predicted molar refractivity (Wildman–Crippen MR) is 95.4 cm³/mol. The van der Waals surface area contributed by atoms with Crippen molar-refractivity contribution < 1.29 is 14.3 Å². The zero-order valence-electron chi connectivity index (χ0n) is 14.6. The Bertz CT molecular complexity index is 495. The average Bonchev–Trinajstić information content (AvgIpc) is 2.51. The molecule has 0 aromatic heterocycles. The number of amides is 1. The van der Waals surface area contributed by atoms with Gasteiger partial charge in [0, 0.05) is 12.5 Å². The second-order valence-electron chi connectivity index (χ2n) is 5.98. The summed E-state index contributed by atoms with van der Waals surface area (Å²) >= 11 is 0. The monoisotopic (exact) mass is 344 g/mol. The molecule has 0 aliphatic carbocycles. The van der Waals surface area contributed by atoms with Crippen molar-refractivity contribution in [2.75, 3.05) is 20.3 Å². The molecule has 2 unspecified atom stereocenters. The first-order valence-electron chi connectivity index (χ1n) is 7.70. The van der Waals surface area contributed by atoms with Crippen LogP contribution in [0.1, 0.15) is 39.3 Å². The van der Waals surface area contributed by atoms with Crippen LogP contribution in [0.25, 0.3) is 0 Å². The van der Waals surface area contributed by atoms with Gasteiger partial charge < -0.3 is 20.5 Å². The summed E-state index contributed by atoms with van der Waals surface area (Å²) in [4.78, 5) is 11.9. The number of hydrogen-bond acceptors (Lipinski definition) is 4. The summed E-state index contributed by atoms with van der Waals surface area (Å²) in [5.74, 6) is 1.59. The van der Waals surface area contributed by atoms with Crippen molar-refractivity contribution in [2.45, 2.75) is 33.7 Å². The molecule has 0 radical (unpaired) electrons. The van der Waals surface area contributed by atoms with E-state index in [4.69, 9.17) is 15.2 Å². The fourth-order valence-corrected chi connectivity index (χ4v) is 1.88. The molecule has 0 aliphatic rings. The van der Waals surface area contributed by atoms with Gasteiger partial charge in [-0.2, -0.15) is 0 Å². The van der Waals surface area contributed by atoms with E-state index in [1.165, 1.54) is 0 Å². The topological polar surface area (TPSA) is 73.6 Å². The van der Waals surface area contributed by atoms with Crippen LogP contribution in [0.15, 0.2) is 18.2 Å². The molecule has 1 amide bonds. The molecule has 23 heavy (non-hydrogen) atoms. The Hall–Kier alpha value is -1.46. The molecule has 132 valence electrons. The van der Waals surface area contributed by atoms with E-state index in [0.29, 0.717) is 30.6 Å². The highest BCUT2D eigenvalue weighted by atomic mass is 35.5. The molecule has 3 N–H and O–H groups in total. The molecular formula is C17H29ClN2O3. The number of rotatable bonds is 8. The molecule has 6 heteroatoms. The van der Waals surface area contributed by atoms with E-state index in [2.05, 4.69) is 19.2 Å². The molecule has 5 nitrogen and oxygen atoms in total. The van der Waals surface area contributed by atoms with E-state index in [1.807, 2.05) is 32.0 Å². The highest BCUT2D eigenvalue weighted by molar-refractivity contribution is 5.85. The highest BCUT2D eigenvalue weighted by Gasteiger charge is 2.16. The fraction of sp³-hybridized carbons (Fsp3) is 0.588. The van der Waals surface area contributed by atoms with Gasteiger partial charge in [-0.25, -0.2) is 0 Å². The van der Waals surface area contributed by atoms with Gasteiger partial charge in [-0.1, -0.05) is 26.8 Å². The van der Waals surface area contributed by atoms with Gasteiger partial charge in [0.2, 0.25) is 5.91 Å². The first-order valence-corrected chi connectivity index (χ1v) is 7.70. The lowest BCUT2D eigenvalue weighted by Crippen LogP contribution is -2.34. The Morgan fingerprint density at radius 2 is 1.87 bits per heavy atom. The van der Waals surface area contributed by atoms with Gasteiger partial charge in [0.25, 0.3) is 0 Å². The SMILES string of the molecule is COc1cc(C(C)NC(=O)C(C)CN)ccc1OCC(C)C.Cl. The first-order chi connectivity index (χ1) is 10.4. The minimum absolute atomic E-state index is 0. The summed E-state index contributed by atoms with van der Waals surface area (Å²) in [5.41, 5.74) is 6.48. The third-order valence-electron chi connectivity index (χ3n) is 3.42. The molecule has 1 aromatic rings. The van der Waals surface area contributed by atoms with Crippen molar-refractivity contribution in [1.29, 1.82) is 0 Å². The standard InChI is InChI=1S/C17H28N2O3.ClH/c1-11(2)10-22-15-7-6-14(8-16(15)21-5)13(4)19-17(20)12(3)9-18;/h6-8,11-13H,9-10,18H2,1-5H3,(H,19,20);1H. The molecule has 0 bridgehead atoms. The zero-order chi connectivity index (χ0) is 16.7. The van der Waals surface area contributed by atoms with Crippen molar-refractivity contribution in [2.24, 2.45) is 17.6 Å². The van der Waals surface area contributed by atoms with E-state index >= 15 is 0 Å². The lowest BCUT2D eigenvalue weighted by Gasteiger charge is -2.19. The third-order valence-corrected chi connectivity index (χ3v) is 3.42. The van der Waals surface area contributed by atoms with E-state index in [-0.39, 0.29) is 30.3 Å². The van der Waals surface area contributed by atoms with Crippen LogP contribution < -0.4 is 20.5 Å². The Balaban J connectivity index is 0.00000484. The van der Waals surface area contributed by atoms with Crippen molar-refractivity contribution in [1.82, 2.24) is 5.32 Å². The summed E-state index contributed by atoms with van der Waals surface area (Å²) in [6, 6.07) is 5.60. The van der Waals surface area contributed by atoms with Crippen LogP contribution in [-0.4, -0.2) is 26.2 Å². The lowest BCUT2D eigenvalue weighted by molar-refractivity contribution is -0.124. The Labute approximate surface area is 145 Å². The summed E-state index contributed by atoms with van der Waals surface area (Å²) in [6.45, 7) is 8.91. The molecule has 0 fully saturated rings. The third kappa shape index (κ3) is 6.67. The molecule has 0 saturated carbocycles. The van der Waals surface area contributed by atoms with Gasteiger partial charge in [-0.05, 0) is 30.5 Å². The Morgan fingerprint density at radius 3 is 2.39 bits per heavy atom. The minimum atomic E-state index is -0.196. The number of benzene rings is 1. The second-order valence-corrected chi connectivity index (χ2v) is 5.98. The van der Waals surface area contributed by atoms with Crippen molar-refractivity contribution in [3.05, 3.63) is 23.8 Å². The Morgan fingerprint density at radius 1 is 1.22 bits per heavy atom. The number of nitrogens with two attached hydrogens (primary N) is 1. The average molecular weight is 345 g/mol. The summed E-state index contributed by atoms with van der Waals surface area (Å²) < 4.78 is 11.1. The maximum absolute atomic E-state index is 11.9. The molecule has 0 spiro atoms. The second kappa shape index (κ2) is 10.3. The summed E-state index contributed by atoms with van der Waals surface area (Å²) in [6.07, 6.45) is 0. The molecule has 0 heterocycles. The summed E-state index contributed by atoms with van der Waals surface area (Å²) in [7, 11) is 1.61. The lowest BCUT2D eigenvalue weighted by atomic mass is 10.1. The van der Waals surface area contributed by atoms with Crippen molar-refractivity contribution in [3.63, 3.8) is 0 Å². The number of hydrogen-bond donors (Lipinski definition) is 2. The fourth-order valence-electron chi connectivity index (χ4n) is 1.88. The van der Waals surface area contributed by atoms with Gasteiger partial charge in [0.15, 0.2) is 11.5 Å². The number of halogens is 1. The summed E-state index contributed by atoms with van der Waals surface area (Å²) in [5, 5.41) is 2.95. The molecule has 1 aromatic carbocycles. The van der Waals surface area contributed by atoms with E-state index in [1.54, 1.807) is 7.11 Å². The quantitative estimate of drug-likeness (QED) is 0.760. The highest BCUT2D eigenvalue weighted by Crippen LogP contribution is 2.30. The van der Waals surface area contributed by atoms with Gasteiger partial charge in [0.05, 0.1) is 19.8 Å². The van der Waals surface area contributed by atoms with Crippen LogP contribution in [0.5, 0.6) is 11.5 Å². The predicted octanol–water partition coefficient (Wildman–Crippen LogP) is 2.92. The van der Waals surface area contributed by atoms with E-state index in [9.17, 15) is 4.79 Å². The normalized spacial score (nSPS) is 13.0. The van der Waals surface area contributed by atoms with Gasteiger partial charge in [-0.15, -0.1) is 12.4 Å². The maximum atomic E-state index is 11.9. The van der Waals surface area contributed by atoms with Crippen LogP contribution in [-0.2, 0) is 4.79 Å². The van der Waals surface area contributed by atoms with E-state index in [0.717, 1.165) is 5.56 Å². The molecular weight excluding hydrogens is 316 g/mol. The zero-order valence-corrected chi connectivity index (χ0v) is 15.4. The van der Waals surface area contributed by atoms with Crippen LogP contribution >= 0.6 is 12.4 Å². The number of nitrogens with one attached hydrogen (secondary N) is 1. The molecule has 0 saturated heterocycles.